The molecule has 0 saturated heterocycles. The molecule has 0 aliphatic heterocycles. The summed E-state index contributed by atoms with van der Waals surface area (Å²) in [7, 11) is 1.38. The van der Waals surface area contributed by atoms with E-state index in [1.54, 1.807) is 30.1 Å². The van der Waals surface area contributed by atoms with Crippen LogP contribution >= 0.6 is 11.8 Å². The van der Waals surface area contributed by atoms with Gasteiger partial charge in [0.2, 0.25) is 0 Å². The Morgan fingerprint density at radius 2 is 2.30 bits per heavy atom. The van der Waals surface area contributed by atoms with Crippen LogP contribution < -0.4 is 5.56 Å². The molecular weight excluding hydrogens is 276 g/mol. The highest BCUT2D eigenvalue weighted by atomic mass is 32.2. The minimum absolute atomic E-state index is 0.0905. The maximum Gasteiger partial charge on any atom is 0.309 e. The first-order valence-corrected chi connectivity index (χ1v) is 7.40. The van der Waals surface area contributed by atoms with Crippen molar-refractivity contribution in [1.29, 1.82) is 0 Å². The first kappa shape index (κ1) is 14.6. The Labute approximate surface area is 121 Å². The van der Waals surface area contributed by atoms with Crippen molar-refractivity contribution in [2.45, 2.75) is 12.7 Å². The minimum atomic E-state index is -0.218. The summed E-state index contributed by atoms with van der Waals surface area (Å²) >= 11 is 1.56. The number of aromatic nitrogens is 2. The van der Waals surface area contributed by atoms with Gasteiger partial charge in [0.05, 0.1) is 18.7 Å². The number of ether oxygens (including phenoxy) is 1. The van der Waals surface area contributed by atoms with Gasteiger partial charge in [-0.15, -0.1) is 0 Å². The fraction of sp³-hybridized carbons (Fsp3) is 0.357. The SMILES string of the molecule is COC(=O)C(C)CSCc1cc(=O)n2ccccc2n1. The van der Waals surface area contributed by atoms with Gasteiger partial charge >= 0.3 is 5.97 Å². The number of hydrogen-bond acceptors (Lipinski definition) is 5. The van der Waals surface area contributed by atoms with Gasteiger partial charge in [-0.05, 0) is 12.1 Å². The Bertz CT molecular complexity index is 669. The van der Waals surface area contributed by atoms with Crippen molar-refractivity contribution >= 4 is 23.4 Å². The number of carbonyl (C=O) groups excluding carboxylic acids is 1. The lowest BCUT2D eigenvalue weighted by molar-refractivity contribution is -0.143. The smallest absolute Gasteiger partial charge is 0.309 e. The molecule has 2 aromatic heterocycles. The van der Waals surface area contributed by atoms with E-state index in [0.717, 1.165) is 5.69 Å². The summed E-state index contributed by atoms with van der Waals surface area (Å²) in [4.78, 5) is 27.6. The molecule has 0 saturated carbocycles. The molecule has 1 atom stereocenters. The van der Waals surface area contributed by atoms with E-state index in [0.29, 0.717) is 17.2 Å². The van der Waals surface area contributed by atoms with Crippen molar-refractivity contribution < 1.29 is 9.53 Å². The number of pyridine rings is 1. The minimum Gasteiger partial charge on any atom is -0.469 e. The van der Waals surface area contributed by atoms with Crippen LogP contribution in [0.1, 0.15) is 12.6 Å². The highest BCUT2D eigenvalue weighted by Gasteiger charge is 2.13. The summed E-state index contributed by atoms with van der Waals surface area (Å²) < 4.78 is 6.18. The lowest BCUT2D eigenvalue weighted by Gasteiger charge is -2.08. The maximum absolute atomic E-state index is 11.9. The van der Waals surface area contributed by atoms with Gasteiger partial charge in [0, 0.05) is 23.8 Å². The molecule has 20 heavy (non-hydrogen) atoms. The van der Waals surface area contributed by atoms with Crippen LogP contribution in [0.3, 0.4) is 0 Å². The monoisotopic (exact) mass is 292 g/mol. The predicted octanol–water partition coefficient (Wildman–Crippen LogP) is 1.74. The van der Waals surface area contributed by atoms with Gasteiger partial charge in [-0.3, -0.25) is 14.0 Å². The van der Waals surface area contributed by atoms with Crippen LogP contribution in [0.25, 0.3) is 5.65 Å². The highest BCUT2D eigenvalue weighted by Crippen LogP contribution is 2.14. The second-order valence-corrected chi connectivity index (χ2v) is 5.48. The Morgan fingerprint density at radius 3 is 3.05 bits per heavy atom. The van der Waals surface area contributed by atoms with E-state index in [4.69, 9.17) is 0 Å². The first-order chi connectivity index (χ1) is 9.61. The van der Waals surface area contributed by atoms with Gasteiger partial charge in [-0.1, -0.05) is 13.0 Å². The molecule has 0 aromatic carbocycles. The largest absolute Gasteiger partial charge is 0.469 e. The van der Waals surface area contributed by atoms with Crippen LogP contribution in [-0.4, -0.2) is 28.2 Å². The average molecular weight is 292 g/mol. The lowest BCUT2D eigenvalue weighted by Crippen LogP contribution is -2.16. The molecule has 0 radical (unpaired) electrons. The molecule has 0 spiro atoms. The molecule has 5 nitrogen and oxygen atoms in total. The second kappa shape index (κ2) is 6.56. The summed E-state index contributed by atoms with van der Waals surface area (Å²) in [5.41, 5.74) is 1.27. The molecule has 2 rings (SSSR count). The van der Waals surface area contributed by atoms with Crippen LogP contribution in [0, 0.1) is 5.92 Å². The first-order valence-electron chi connectivity index (χ1n) is 6.24. The standard InChI is InChI=1S/C14H16N2O3S/c1-10(14(18)19-2)8-20-9-11-7-13(17)16-6-4-3-5-12(16)15-11/h3-7,10H,8-9H2,1-2H3. The molecule has 0 amide bonds. The summed E-state index contributed by atoms with van der Waals surface area (Å²) in [6.45, 7) is 1.82. The van der Waals surface area contributed by atoms with Gasteiger partial charge in [0.1, 0.15) is 5.65 Å². The Morgan fingerprint density at radius 1 is 1.50 bits per heavy atom. The topological polar surface area (TPSA) is 60.7 Å². The number of carbonyl (C=O) groups is 1. The molecule has 2 heterocycles. The number of rotatable bonds is 5. The van der Waals surface area contributed by atoms with Crippen LogP contribution in [0.15, 0.2) is 35.3 Å². The number of methoxy groups -OCH3 is 1. The number of esters is 1. The molecule has 1 unspecified atom stereocenters. The van der Waals surface area contributed by atoms with Gasteiger partial charge in [0.25, 0.3) is 5.56 Å². The molecule has 0 aliphatic carbocycles. The second-order valence-electron chi connectivity index (χ2n) is 4.45. The lowest BCUT2D eigenvalue weighted by atomic mass is 10.2. The van der Waals surface area contributed by atoms with Crippen molar-refractivity contribution in [3.8, 4) is 0 Å². The molecule has 0 fully saturated rings. The average Bonchev–Trinajstić information content (AvgIpc) is 2.46. The van der Waals surface area contributed by atoms with Crippen molar-refractivity contribution in [2.24, 2.45) is 5.92 Å². The van der Waals surface area contributed by atoms with Crippen molar-refractivity contribution in [3.63, 3.8) is 0 Å². The van der Waals surface area contributed by atoms with Gasteiger partial charge < -0.3 is 4.74 Å². The summed E-state index contributed by atoms with van der Waals surface area (Å²) in [6.07, 6.45) is 1.70. The van der Waals surface area contributed by atoms with Gasteiger partial charge in [-0.2, -0.15) is 11.8 Å². The van der Waals surface area contributed by atoms with Crippen LogP contribution in [0.2, 0.25) is 0 Å². The Hall–Kier alpha value is -1.82. The summed E-state index contributed by atoms with van der Waals surface area (Å²) in [5.74, 6) is 0.861. The van der Waals surface area contributed by atoms with Crippen molar-refractivity contribution in [2.75, 3.05) is 12.9 Å². The zero-order valence-electron chi connectivity index (χ0n) is 11.4. The fourth-order valence-electron chi connectivity index (χ4n) is 1.79. The molecule has 0 N–H and O–H groups in total. The van der Waals surface area contributed by atoms with E-state index in [1.165, 1.54) is 17.6 Å². The van der Waals surface area contributed by atoms with Gasteiger partial charge in [-0.25, -0.2) is 4.98 Å². The van der Waals surface area contributed by atoms with E-state index in [2.05, 4.69) is 9.72 Å². The van der Waals surface area contributed by atoms with E-state index in [9.17, 15) is 9.59 Å². The van der Waals surface area contributed by atoms with Crippen LogP contribution in [0.4, 0.5) is 0 Å². The molecule has 0 aliphatic rings. The highest BCUT2D eigenvalue weighted by molar-refractivity contribution is 7.98. The predicted molar refractivity (Wildman–Crippen MR) is 78.8 cm³/mol. The molecule has 6 heteroatoms. The number of nitrogens with zero attached hydrogens (tertiary/aromatic N) is 2. The fourth-order valence-corrected chi connectivity index (χ4v) is 2.75. The van der Waals surface area contributed by atoms with Crippen LogP contribution in [-0.2, 0) is 15.3 Å². The number of thioether (sulfide) groups is 1. The maximum atomic E-state index is 11.9. The van der Waals surface area contributed by atoms with Gasteiger partial charge in [0.15, 0.2) is 0 Å². The molecular formula is C14H16N2O3S. The molecule has 0 bridgehead atoms. The third kappa shape index (κ3) is 3.39. The molecule has 2 aromatic rings. The van der Waals surface area contributed by atoms with E-state index >= 15 is 0 Å². The number of hydrogen-bond donors (Lipinski definition) is 0. The van der Waals surface area contributed by atoms with Crippen LogP contribution in [0.5, 0.6) is 0 Å². The van der Waals surface area contributed by atoms with Crippen molar-refractivity contribution in [1.82, 2.24) is 9.38 Å². The van der Waals surface area contributed by atoms with E-state index < -0.39 is 0 Å². The van der Waals surface area contributed by atoms with Crippen molar-refractivity contribution in [3.05, 3.63) is 46.5 Å². The van der Waals surface area contributed by atoms with E-state index in [1.807, 2.05) is 13.0 Å². The third-order valence-electron chi connectivity index (χ3n) is 2.85. The summed E-state index contributed by atoms with van der Waals surface area (Å²) in [6, 6.07) is 6.97. The zero-order chi connectivity index (χ0) is 14.5. The Balaban J connectivity index is 2.04. The third-order valence-corrected chi connectivity index (χ3v) is 4.08. The number of fused-ring (bicyclic) bond motifs is 1. The quantitative estimate of drug-likeness (QED) is 0.786. The normalized spacial score (nSPS) is 12.3. The molecule has 106 valence electrons. The van der Waals surface area contributed by atoms with E-state index in [-0.39, 0.29) is 17.4 Å². The Kier molecular flexibility index (Phi) is 4.79. The zero-order valence-corrected chi connectivity index (χ0v) is 12.2. The summed E-state index contributed by atoms with van der Waals surface area (Å²) in [5, 5.41) is 0.